The lowest BCUT2D eigenvalue weighted by Crippen LogP contribution is -2.30. The highest BCUT2D eigenvalue weighted by molar-refractivity contribution is 7.47. The predicted molar refractivity (Wildman–Crippen MR) is 427 cm³/mol. The first-order valence-corrected chi connectivity index (χ1v) is 43.4. The van der Waals surface area contributed by atoms with Crippen LogP contribution in [0.1, 0.15) is 323 Å². The van der Waals surface area contributed by atoms with Crippen LogP contribution < -0.4 is 0 Å². The standard InChI is InChI=1S/C85H144O17P2/c1-5-9-13-17-21-25-29-32-35-37-39-41-44-46-50-53-57-61-65-69-82(87)95-75-80(101-84(89)71-67-63-59-55-49-28-24-20-16-12-8-4)77-99-103(91,92)97-73-79(86)74-98-104(93,94)100-78-81(102-85(90)72-68-64-60-56-52-48-43-34-31-27-23-19-15-11-7-3)76-96-83(88)70-66-62-58-54-51-47-45-42-40-38-36-33-30-26-22-18-14-10-6-2/h10-11,14-15,21-23,25-27,32-36,39-43,52,56,79-81,86H,5-9,12-13,16-20,24,28-31,37-38,44-51,53-55,57-78H2,1-4H3,(H,91,92)(H,93,94)/b14-10-,15-11-,25-21-,26-22-,27-23-,35-32-,36-33-,41-39-,42-40-,43-34-,56-52-. The molecule has 0 aliphatic carbocycles. The van der Waals surface area contributed by atoms with E-state index in [4.69, 9.17) is 37.0 Å². The van der Waals surface area contributed by atoms with Gasteiger partial charge in [-0.2, -0.15) is 0 Å². The average Bonchev–Trinajstić information content (AvgIpc) is 0.929. The quantitative estimate of drug-likeness (QED) is 0.0169. The van der Waals surface area contributed by atoms with E-state index >= 15 is 0 Å². The van der Waals surface area contributed by atoms with Crippen molar-refractivity contribution in [3.05, 3.63) is 134 Å². The summed E-state index contributed by atoms with van der Waals surface area (Å²) in [5.74, 6) is -2.25. The van der Waals surface area contributed by atoms with E-state index in [1.807, 2.05) is 0 Å². The lowest BCUT2D eigenvalue weighted by Gasteiger charge is -2.21. The summed E-state index contributed by atoms with van der Waals surface area (Å²) in [5.41, 5.74) is 0. The van der Waals surface area contributed by atoms with Crippen LogP contribution in [-0.2, 0) is 65.4 Å². The zero-order chi connectivity index (χ0) is 76.0. The summed E-state index contributed by atoms with van der Waals surface area (Å²) in [7, 11) is -9.98. The summed E-state index contributed by atoms with van der Waals surface area (Å²) < 4.78 is 68.6. The SMILES string of the molecule is CC/C=C\C/C=C\C/C=C\C/C=C\CCCCCCCCC(=O)OCC(COP(=O)(O)OCC(O)COP(=O)(O)OCC(COC(=O)CCCCCCCC/C=C\C/C=C\C/C=C\CCCCC)OC(=O)CCCCCCCCCCCCC)OC(=O)CCCC/C=C\C/C=C\C/C=C\C/C=C\CC. The van der Waals surface area contributed by atoms with Gasteiger partial charge in [-0.1, -0.05) is 290 Å². The Morgan fingerprint density at radius 1 is 0.279 bits per heavy atom. The predicted octanol–water partition coefficient (Wildman–Crippen LogP) is 23.7. The molecule has 3 N–H and O–H groups in total. The minimum Gasteiger partial charge on any atom is -0.462 e. The van der Waals surface area contributed by atoms with E-state index in [9.17, 15) is 43.2 Å². The molecule has 17 nitrogen and oxygen atoms in total. The van der Waals surface area contributed by atoms with Crippen molar-refractivity contribution in [3.8, 4) is 0 Å². The van der Waals surface area contributed by atoms with Crippen LogP contribution in [0.25, 0.3) is 0 Å². The molecule has 0 aromatic rings. The lowest BCUT2D eigenvalue weighted by molar-refractivity contribution is -0.161. The molecule has 0 aromatic carbocycles. The highest BCUT2D eigenvalue weighted by Gasteiger charge is 2.30. The molecule has 0 bridgehead atoms. The van der Waals surface area contributed by atoms with E-state index in [1.54, 1.807) is 0 Å². The molecule has 0 aliphatic heterocycles. The number of carbonyl (C=O) groups excluding carboxylic acids is 4. The minimum absolute atomic E-state index is 0.0363. The first-order chi connectivity index (χ1) is 50.7. The van der Waals surface area contributed by atoms with Crippen molar-refractivity contribution in [2.75, 3.05) is 39.6 Å². The summed E-state index contributed by atoms with van der Waals surface area (Å²) in [6.45, 7) is 4.55. The fourth-order valence-corrected chi connectivity index (χ4v) is 12.1. The van der Waals surface area contributed by atoms with Crippen molar-refractivity contribution in [3.63, 3.8) is 0 Å². The number of hydrogen-bond acceptors (Lipinski definition) is 15. The average molecular weight is 1500 g/mol. The number of phosphoric ester groups is 2. The van der Waals surface area contributed by atoms with Gasteiger partial charge in [-0.15, -0.1) is 0 Å². The van der Waals surface area contributed by atoms with Gasteiger partial charge in [0.1, 0.15) is 19.3 Å². The highest BCUT2D eigenvalue weighted by Crippen LogP contribution is 2.45. The minimum atomic E-state index is -4.99. The molecule has 0 amide bonds. The normalized spacial score (nSPS) is 14.6. The second-order valence-electron chi connectivity index (χ2n) is 26.6. The highest BCUT2D eigenvalue weighted by atomic mass is 31.2. The van der Waals surface area contributed by atoms with Gasteiger partial charge in [0.05, 0.1) is 26.4 Å². The molecule has 0 fully saturated rings. The molecular weight excluding hydrogens is 1350 g/mol. The molecule has 0 saturated carbocycles. The molecule has 0 radical (unpaired) electrons. The first-order valence-electron chi connectivity index (χ1n) is 40.4. The number of hydrogen-bond donors (Lipinski definition) is 3. The monoisotopic (exact) mass is 1500 g/mol. The van der Waals surface area contributed by atoms with Crippen LogP contribution in [0.15, 0.2) is 134 Å². The number of aliphatic hydroxyl groups excluding tert-OH is 1. The van der Waals surface area contributed by atoms with Crippen LogP contribution in [0.3, 0.4) is 0 Å². The van der Waals surface area contributed by atoms with E-state index in [0.717, 1.165) is 180 Å². The molecule has 596 valence electrons. The van der Waals surface area contributed by atoms with E-state index < -0.39 is 97.5 Å². The van der Waals surface area contributed by atoms with Gasteiger partial charge < -0.3 is 33.8 Å². The summed E-state index contributed by atoms with van der Waals surface area (Å²) in [5, 5.41) is 10.6. The Morgan fingerprint density at radius 2 is 0.500 bits per heavy atom. The molecule has 0 aromatic heterocycles. The number of aliphatic hydroxyl groups is 1. The largest absolute Gasteiger partial charge is 0.472 e. The van der Waals surface area contributed by atoms with Gasteiger partial charge in [0.25, 0.3) is 0 Å². The number of esters is 4. The molecule has 19 heteroatoms. The van der Waals surface area contributed by atoms with Crippen LogP contribution in [0, 0.1) is 0 Å². The number of carbonyl (C=O) groups is 4. The summed E-state index contributed by atoms with van der Waals surface area (Å²) in [6, 6.07) is 0. The van der Waals surface area contributed by atoms with Gasteiger partial charge in [-0.05, 0) is 141 Å². The van der Waals surface area contributed by atoms with Crippen molar-refractivity contribution < 1.29 is 80.2 Å². The Bertz CT molecular complexity index is 2490. The Hall–Kier alpha value is -4.80. The van der Waals surface area contributed by atoms with Gasteiger partial charge in [0.15, 0.2) is 12.2 Å². The van der Waals surface area contributed by atoms with Crippen molar-refractivity contribution in [2.45, 2.75) is 341 Å². The fraction of sp³-hybridized carbons (Fsp3) is 0.694. The number of ether oxygens (including phenoxy) is 4. The van der Waals surface area contributed by atoms with Crippen molar-refractivity contribution in [2.24, 2.45) is 0 Å². The van der Waals surface area contributed by atoms with E-state index in [2.05, 4.69) is 161 Å². The van der Waals surface area contributed by atoms with Crippen molar-refractivity contribution >= 4 is 39.5 Å². The smallest absolute Gasteiger partial charge is 0.462 e. The van der Waals surface area contributed by atoms with Gasteiger partial charge >= 0.3 is 39.5 Å². The third kappa shape index (κ3) is 75.4. The maximum absolute atomic E-state index is 13.1. The molecular formula is C85H144O17P2. The van der Waals surface area contributed by atoms with Crippen LogP contribution >= 0.6 is 15.6 Å². The van der Waals surface area contributed by atoms with Crippen LogP contribution in [0.2, 0.25) is 0 Å². The van der Waals surface area contributed by atoms with Crippen molar-refractivity contribution in [1.82, 2.24) is 0 Å². The second-order valence-corrected chi connectivity index (χ2v) is 29.5. The Kier molecular flexibility index (Phi) is 72.9. The van der Waals surface area contributed by atoms with Gasteiger partial charge in [0.2, 0.25) is 0 Å². The molecule has 0 aliphatic rings. The zero-order valence-electron chi connectivity index (χ0n) is 65.2. The molecule has 5 atom stereocenters. The maximum Gasteiger partial charge on any atom is 0.472 e. The van der Waals surface area contributed by atoms with E-state index in [0.29, 0.717) is 32.1 Å². The number of allylic oxidation sites excluding steroid dienone is 22. The zero-order valence-corrected chi connectivity index (χ0v) is 66.9. The summed E-state index contributed by atoms with van der Waals surface area (Å²) in [4.78, 5) is 73.0. The lowest BCUT2D eigenvalue weighted by atomic mass is 10.1. The van der Waals surface area contributed by atoms with Crippen molar-refractivity contribution in [1.29, 1.82) is 0 Å². The van der Waals surface area contributed by atoms with E-state index in [-0.39, 0.29) is 25.7 Å². The van der Waals surface area contributed by atoms with Crippen LogP contribution in [-0.4, -0.2) is 96.7 Å². The van der Waals surface area contributed by atoms with Gasteiger partial charge in [-0.25, -0.2) is 9.13 Å². The summed E-state index contributed by atoms with van der Waals surface area (Å²) in [6.07, 6.45) is 85.8. The molecule has 0 saturated heterocycles. The molecule has 0 spiro atoms. The maximum atomic E-state index is 13.1. The molecule has 104 heavy (non-hydrogen) atoms. The topological polar surface area (TPSA) is 237 Å². The second kappa shape index (κ2) is 76.4. The third-order valence-electron chi connectivity index (χ3n) is 16.6. The van der Waals surface area contributed by atoms with Crippen LogP contribution in [0.4, 0.5) is 0 Å². The number of rotatable bonds is 75. The third-order valence-corrected chi connectivity index (χ3v) is 18.5. The first kappa shape index (κ1) is 99.2. The molecule has 0 heterocycles. The Labute approximate surface area is 631 Å². The van der Waals surface area contributed by atoms with Crippen LogP contribution in [0.5, 0.6) is 0 Å². The van der Waals surface area contributed by atoms with E-state index in [1.165, 1.54) is 57.8 Å². The number of phosphoric acid groups is 2. The number of unbranched alkanes of at least 4 members (excludes halogenated alkanes) is 27. The Morgan fingerprint density at radius 3 is 0.808 bits per heavy atom. The molecule has 5 unspecified atom stereocenters. The molecule has 0 rings (SSSR count). The van der Waals surface area contributed by atoms with Gasteiger partial charge in [-0.3, -0.25) is 37.3 Å². The fourth-order valence-electron chi connectivity index (χ4n) is 10.5. The summed E-state index contributed by atoms with van der Waals surface area (Å²) >= 11 is 0. The van der Waals surface area contributed by atoms with Gasteiger partial charge in [0, 0.05) is 25.7 Å². The Balaban J connectivity index is 5.36.